The van der Waals surface area contributed by atoms with Crippen molar-refractivity contribution in [2.45, 2.75) is 0 Å². The lowest BCUT2D eigenvalue weighted by molar-refractivity contribution is 1.28. The van der Waals surface area contributed by atoms with E-state index in [1.54, 1.807) is 11.3 Å². The van der Waals surface area contributed by atoms with Crippen LogP contribution in [0.3, 0.4) is 0 Å². The Kier molecular flexibility index (Phi) is 2.40. The van der Waals surface area contributed by atoms with Crippen LogP contribution in [-0.2, 0) is 0 Å². The summed E-state index contributed by atoms with van der Waals surface area (Å²) in [5.41, 5.74) is 4.69. The van der Waals surface area contributed by atoms with Crippen LogP contribution in [0.5, 0.6) is 0 Å². The average Bonchev–Trinajstić information content (AvgIpc) is 3.15. The zero-order chi connectivity index (χ0) is 14.5. The van der Waals surface area contributed by atoms with Gasteiger partial charge in [-0.2, -0.15) is 0 Å². The van der Waals surface area contributed by atoms with Crippen LogP contribution in [0.4, 0.5) is 0 Å². The average molecular weight is 300 g/mol. The molecule has 3 aromatic carbocycles. The molecule has 0 N–H and O–H groups in total. The highest BCUT2D eigenvalue weighted by Gasteiger charge is 2.13. The van der Waals surface area contributed by atoms with Gasteiger partial charge in [-0.25, -0.2) is 4.98 Å². The van der Waals surface area contributed by atoms with Crippen molar-refractivity contribution < 1.29 is 0 Å². The zero-order valence-corrected chi connectivity index (χ0v) is 12.5. The van der Waals surface area contributed by atoms with E-state index < -0.39 is 0 Å². The molecule has 0 saturated carbocycles. The molecule has 0 fully saturated rings. The summed E-state index contributed by atoms with van der Waals surface area (Å²) in [4.78, 5) is 5.92. The van der Waals surface area contributed by atoms with Crippen LogP contribution in [-0.4, -0.2) is 9.38 Å². The van der Waals surface area contributed by atoms with Crippen LogP contribution in [0, 0.1) is 0 Å². The molecule has 5 aromatic rings. The molecular weight excluding hydrogens is 288 g/mol. The van der Waals surface area contributed by atoms with E-state index in [0.717, 1.165) is 10.5 Å². The fourth-order valence-corrected chi connectivity index (χ4v) is 3.97. The summed E-state index contributed by atoms with van der Waals surface area (Å²) in [5.74, 6) is 0. The Morgan fingerprint density at radius 1 is 0.818 bits per heavy atom. The summed E-state index contributed by atoms with van der Waals surface area (Å²) >= 11 is 1.69. The van der Waals surface area contributed by atoms with Crippen molar-refractivity contribution in [1.82, 2.24) is 9.38 Å². The second-order valence-corrected chi connectivity index (χ2v) is 6.21. The van der Waals surface area contributed by atoms with E-state index >= 15 is 0 Å². The molecule has 0 atom stereocenters. The van der Waals surface area contributed by atoms with Gasteiger partial charge in [0.1, 0.15) is 0 Å². The quantitative estimate of drug-likeness (QED) is 0.407. The van der Waals surface area contributed by atoms with Gasteiger partial charge in [0.25, 0.3) is 0 Å². The van der Waals surface area contributed by atoms with E-state index in [9.17, 15) is 0 Å². The Bertz CT molecular complexity index is 1120. The zero-order valence-electron chi connectivity index (χ0n) is 11.7. The minimum atomic E-state index is 1.05. The van der Waals surface area contributed by atoms with E-state index in [1.165, 1.54) is 27.5 Å². The molecule has 2 nitrogen and oxygen atoms in total. The van der Waals surface area contributed by atoms with Crippen molar-refractivity contribution in [3.05, 3.63) is 72.1 Å². The molecule has 0 aliphatic heterocycles. The Morgan fingerprint density at radius 2 is 1.64 bits per heavy atom. The highest BCUT2D eigenvalue weighted by Crippen LogP contribution is 2.33. The summed E-state index contributed by atoms with van der Waals surface area (Å²) in [6, 6.07) is 23.3. The number of aromatic nitrogens is 2. The highest BCUT2D eigenvalue weighted by molar-refractivity contribution is 7.15. The predicted octanol–water partition coefficient (Wildman–Crippen LogP) is 5.37. The molecule has 3 heteroatoms. The van der Waals surface area contributed by atoms with Gasteiger partial charge in [-0.05, 0) is 17.0 Å². The smallest absolute Gasteiger partial charge is 0.195 e. The Balaban J connectivity index is 1.94. The summed E-state index contributed by atoms with van der Waals surface area (Å²) < 4.78 is 2.27. The van der Waals surface area contributed by atoms with Gasteiger partial charge in [0.05, 0.1) is 16.7 Å². The second kappa shape index (κ2) is 4.42. The van der Waals surface area contributed by atoms with Crippen LogP contribution >= 0.6 is 11.3 Å². The number of fused-ring (bicyclic) bond motifs is 5. The first-order chi connectivity index (χ1) is 10.9. The molecule has 0 unspecified atom stereocenters. The van der Waals surface area contributed by atoms with Gasteiger partial charge in [0, 0.05) is 10.8 Å². The molecule has 0 bridgehead atoms. The molecule has 0 aliphatic rings. The van der Waals surface area contributed by atoms with Crippen molar-refractivity contribution in [1.29, 1.82) is 0 Å². The maximum absolute atomic E-state index is 4.87. The fourth-order valence-electron chi connectivity index (χ4n) is 3.07. The minimum Gasteiger partial charge on any atom is -0.283 e. The van der Waals surface area contributed by atoms with E-state index in [-0.39, 0.29) is 0 Å². The van der Waals surface area contributed by atoms with Crippen molar-refractivity contribution in [2.24, 2.45) is 0 Å². The van der Waals surface area contributed by atoms with Gasteiger partial charge in [0.15, 0.2) is 4.96 Å². The summed E-state index contributed by atoms with van der Waals surface area (Å²) in [5, 5.41) is 4.64. The molecule has 5 rings (SSSR count). The lowest BCUT2D eigenvalue weighted by Crippen LogP contribution is -1.85. The van der Waals surface area contributed by atoms with E-state index in [4.69, 9.17) is 4.98 Å². The first-order valence-corrected chi connectivity index (χ1v) is 8.12. The predicted molar refractivity (Wildman–Crippen MR) is 93.5 cm³/mol. The molecular formula is C19H12N2S. The Morgan fingerprint density at radius 3 is 2.55 bits per heavy atom. The molecule has 104 valence electrons. The number of hydrogen-bond acceptors (Lipinski definition) is 2. The van der Waals surface area contributed by atoms with E-state index in [1.807, 2.05) is 6.07 Å². The third kappa shape index (κ3) is 1.57. The highest BCUT2D eigenvalue weighted by atomic mass is 32.1. The van der Waals surface area contributed by atoms with Gasteiger partial charge in [0.2, 0.25) is 0 Å². The molecule has 2 heterocycles. The number of thiazole rings is 1. The third-order valence-electron chi connectivity index (χ3n) is 4.11. The Hall–Kier alpha value is -2.65. The summed E-state index contributed by atoms with van der Waals surface area (Å²) in [6.45, 7) is 0. The largest absolute Gasteiger partial charge is 0.283 e. The normalized spacial score (nSPS) is 11.6. The van der Waals surface area contributed by atoms with Crippen LogP contribution in [0.25, 0.3) is 38.0 Å². The molecule has 0 spiro atoms. The van der Waals surface area contributed by atoms with Crippen molar-refractivity contribution in [3.8, 4) is 11.3 Å². The molecule has 0 amide bonds. The third-order valence-corrected chi connectivity index (χ3v) is 4.93. The number of imidazole rings is 1. The first kappa shape index (κ1) is 12.0. The van der Waals surface area contributed by atoms with Gasteiger partial charge in [-0.15, -0.1) is 11.3 Å². The summed E-state index contributed by atoms with van der Waals surface area (Å²) in [7, 11) is 0. The number of nitrogens with zero attached hydrogens (tertiary/aromatic N) is 2. The standard InChI is InChI=1S/C19H12N2S/c1-2-7-14(8-3-1)17-12-22-19-20-18-15-9-5-4-6-13(15)10-11-16(18)21(17)19/h1-12H. The number of hydrogen-bond donors (Lipinski definition) is 0. The number of rotatable bonds is 1. The molecule has 0 aliphatic carbocycles. The van der Waals surface area contributed by atoms with Crippen molar-refractivity contribution in [3.63, 3.8) is 0 Å². The monoisotopic (exact) mass is 300 g/mol. The van der Waals surface area contributed by atoms with Crippen LogP contribution in [0.1, 0.15) is 0 Å². The number of benzene rings is 3. The maximum Gasteiger partial charge on any atom is 0.195 e. The van der Waals surface area contributed by atoms with Crippen molar-refractivity contribution >= 4 is 38.1 Å². The van der Waals surface area contributed by atoms with Gasteiger partial charge in [-0.3, -0.25) is 4.40 Å². The molecule has 2 aromatic heterocycles. The van der Waals surface area contributed by atoms with Gasteiger partial charge >= 0.3 is 0 Å². The molecule has 22 heavy (non-hydrogen) atoms. The van der Waals surface area contributed by atoms with E-state index in [0.29, 0.717) is 0 Å². The Labute approximate surface area is 131 Å². The van der Waals surface area contributed by atoms with Crippen LogP contribution in [0.2, 0.25) is 0 Å². The van der Waals surface area contributed by atoms with Crippen LogP contribution < -0.4 is 0 Å². The van der Waals surface area contributed by atoms with Gasteiger partial charge < -0.3 is 0 Å². The summed E-state index contributed by atoms with van der Waals surface area (Å²) in [6.07, 6.45) is 0. The van der Waals surface area contributed by atoms with E-state index in [2.05, 4.69) is 70.4 Å². The first-order valence-electron chi connectivity index (χ1n) is 7.25. The maximum atomic E-state index is 4.87. The lowest BCUT2D eigenvalue weighted by atomic mass is 10.1. The minimum absolute atomic E-state index is 1.05. The molecule has 0 radical (unpaired) electrons. The molecule has 0 saturated heterocycles. The topological polar surface area (TPSA) is 17.3 Å². The fraction of sp³-hybridized carbons (Fsp3) is 0. The second-order valence-electron chi connectivity index (χ2n) is 5.37. The lowest BCUT2D eigenvalue weighted by Gasteiger charge is -2.02. The van der Waals surface area contributed by atoms with Crippen molar-refractivity contribution in [2.75, 3.05) is 0 Å². The SMILES string of the molecule is c1ccc(-c2csc3nc4c5ccccc5ccc4n23)cc1. The van der Waals surface area contributed by atoms with Gasteiger partial charge in [-0.1, -0.05) is 60.7 Å². The van der Waals surface area contributed by atoms with Crippen LogP contribution in [0.15, 0.2) is 72.1 Å².